The molecule has 19 heavy (non-hydrogen) atoms. The fourth-order valence-corrected chi connectivity index (χ4v) is 3.66. The van der Waals surface area contributed by atoms with E-state index in [-0.39, 0.29) is 0 Å². The first-order valence-corrected chi connectivity index (χ1v) is 7.84. The van der Waals surface area contributed by atoms with E-state index in [1.54, 1.807) is 11.3 Å². The minimum absolute atomic E-state index is 0.479. The number of fused-ring (bicyclic) bond motifs is 1. The predicted octanol–water partition coefficient (Wildman–Crippen LogP) is 4.53. The van der Waals surface area contributed by atoms with Gasteiger partial charge in [-0.3, -0.25) is 0 Å². The zero-order valence-electron chi connectivity index (χ0n) is 11.8. The monoisotopic (exact) mass is 278 g/mol. The smallest absolute Gasteiger partial charge is 0.109 e. The Kier molecular flexibility index (Phi) is 4.61. The zero-order valence-corrected chi connectivity index (χ0v) is 12.7. The molecule has 1 atom stereocenters. The van der Waals surface area contributed by atoms with Crippen molar-refractivity contribution in [2.75, 3.05) is 6.61 Å². The lowest BCUT2D eigenvalue weighted by Gasteiger charge is -2.36. The van der Waals surface area contributed by atoms with Crippen molar-refractivity contribution in [1.82, 2.24) is 0 Å². The SMILES string of the molecule is CCOC(CC)(CC)C(O)c1cccc2ccsc12. The van der Waals surface area contributed by atoms with Crippen molar-refractivity contribution in [1.29, 1.82) is 0 Å². The minimum Gasteiger partial charge on any atom is -0.385 e. The highest BCUT2D eigenvalue weighted by Gasteiger charge is 2.37. The molecule has 0 aliphatic rings. The van der Waals surface area contributed by atoms with E-state index < -0.39 is 11.7 Å². The Hall–Kier alpha value is -0.900. The van der Waals surface area contributed by atoms with Crippen LogP contribution in [0.4, 0.5) is 0 Å². The van der Waals surface area contributed by atoms with Crippen LogP contribution in [0.25, 0.3) is 10.1 Å². The number of aliphatic hydroxyl groups is 1. The summed E-state index contributed by atoms with van der Waals surface area (Å²) >= 11 is 1.68. The molecule has 3 heteroatoms. The van der Waals surface area contributed by atoms with Crippen LogP contribution in [0.2, 0.25) is 0 Å². The van der Waals surface area contributed by atoms with Crippen LogP contribution >= 0.6 is 11.3 Å². The highest BCUT2D eigenvalue weighted by Crippen LogP contribution is 2.39. The van der Waals surface area contributed by atoms with E-state index in [0.29, 0.717) is 6.61 Å². The molecule has 0 radical (unpaired) electrons. The van der Waals surface area contributed by atoms with Crippen LogP contribution in [0.15, 0.2) is 29.6 Å². The van der Waals surface area contributed by atoms with Gasteiger partial charge in [-0.05, 0) is 36.6 Å². The Bertz CT molecular complexity index is 528. The maximum Gasteiger partial charge on any atom is 0.109 e. The molecule has 0 saturated carbocycles. The van der Waals surface area contributed by atoms with Crippen LogP contribution in [-0.4, -0.2) is 17.3 Å². The average molecular weight is 278 g/mol. The number of aliphatic hydroxyl groups excluding tert-OH is 1. The third-order valence-corrected chi connectivity index (χ3v) is 4.91. The van der Waals surface area contributed by atoms with Gasteiger partial charge in [0, 0.05) is 16.9 Å². The highest BCUT2D eigenvalue weighted by molar-refractivity contribution is 7.17. The largest absolute Gasteiger partial charge is 0.385 e. The van der Waals surface area contributed by atoms with Crippen molar-refractivity contribution in [2.45, 2.75) is 45.3 Å². The first-order valence-electron chi connectivity index (χ1n) is 6.96. The summed E-state index contributed by atoms with van der Waals surface area (Å²) in [5.41, 5.74) is 0.511. The molecule has 0 bridgehead atoms. The van der Waals surface area contributed by atoms with Crippen LogP contribution in [0.5, 0.6) is 0 Å². The third-order valence-electron chi connectivity index (χ3n) is 3.93. The molecular formula is C16H22O2S. The first-order chi connectivity index (χ1) is 9.18. The molecule has 2 rings (SSSR count). The van der Waals surface area contributed by atoms with Gasteiger partial charge < -0.3 is 9.84 Å². The van der Waals surface area contributed by atoms with Crippen LogP contribution in [0.1, 0.15) is 45.3 Å². The van der Waals surface area contributed by atoms with Gasteiger partial charge in [0.2, 0.25) is 0 Å². The van der Waals surface area contributed by atoms with Crippen molar-refractivity contribution in [3.05, 3.63) is 35.2 Å². The molecule has 1 aromatic heterocycles. The molecular weight excluding hydrogens is 256 g/mol. The topological polar surface area (TPSA) is 29.5 Å². The Morgan fingerprint density at radius 2 is 1.95 bits per heavy atom. The predicted molar refractivity (Wildman–Crippen MR) is 81.7 cm³/mol. The summed E-state index contributed by atoms with van der Waals surface area (Å²) in [6, 6.07) is 8.21. The molecule has 0 aliphatic carbocycles. The molecule has 0 saturated heterocycles. The zero-order chi connectivity index (χ0) is 13.9. The molecule has 104 valence electrons. The molecule has 0 spiro atoms. The lowest BCUT2D eigenvalue weighted by molar-refractivity contribution is -0.126. The van der Waals surface area contributed by atoms with Gasteiger partial charge in [-0.2, -0.15) is 0 Å². The summed E-state index contributed by atoms with van der Waals surface area (Å²) in [6.45, 7) is 6.77. The minimum atomic E-state index is -0.579. The standard InChI is InChI=1S/C16H22O2S/c1-4-16(5-2,18-6-3)15(17)13-9-7-8-12-10-11-19-14(12)13/h7-11,15,17H,4-6H2,1-3H3. The van der Waals surface area contributed by atoms with Gasteiger partial charge in [0.1, 0.15) is 6.10 Å². The van der Waals surface area contributed by atoms with Crippen LogP contribution in [0, 0.1) is 0 Å². The first kappa shape index (κ1) is 14.5. The number of thiophene rings is 1. The van der Waals surface area contributed by atoms with Gasteiger partial charge in [-0.25, -0.2) is 0 Å². The second-order valence-electron chi connectivity index (χ2n) is 4.79. The van der Waals surface area contributed by atoms with Crippen molar-refractivity contribution in [3.8, 4) is 0 Å². The third kappa shape index (κ3) is 2.55. The van der Waals surface area contributed by atoms with Crippen molar-refractivity contribution in [2.24, 2.45) is 0 Å². The molecule has 1 heterocycles. The van der Waals surface area contributed by atoms with Gasteiger partial charge in [0.15, 0.2) is 0 Å². The summed E-state index contributed by atoms with van der Waals surface area (Å²) in [5.74, 6) is 0. The molecule has 1 aromatic carbocycles. The Balaban J connectivity index is 2.46. The van der Waals surface area contributed by atoms with E-state index in [0.717, 1.165) is 18.4 Å². The lowest BCUT2D eigenvalue weighted by Crippen LogP contribution is -2.38. The van der Waals surface area contributed by atoms with E-state index >= 15 is 0 Å². The summed E-state index contributed by atoms with van der Waals surface area (Å²) in [6.07, 6.45) is 1.03. The summed E-state index contributed by atoms with van der Waals surface area (Å²) < 4.78 is 7.09. The maximum atomic E-state index is 10.9. The van der Waals surface area contributed by atoms with Crippen LogP contribution < -0.4 is 0 Å². The second-order valence-corrected chi connectivity index (χ2v) is 5.71. The molecule has 1 N–H and O–H groups in total. The lowest BCUT2D eigenvalue weighted by atomic mass is 9.85. The summed E-state index contributed by atoms with van der Waals surface area (Å²) in [4.78, 5) is 0. The number of hydrogen-bond donors (Lipinski definition) is 1. The van der Waals surface area contributed by atoms with Crippen LogP contribution in [-0.2, 0) is 4.74 Å². The molecule has 0 fully saturated rings. The second kappa shape index (κ2) is 6.04. The van der Waals surface area contributed by atoms with E-state index in [4.69, 9.17) is 4.74 Å². The van der Waals surface area contributed by atoms with Gasteiger partial charge >= 0.3 is 0 Å². The fourth-order valence-electron chi connectivity index (χ4n) is 2.72. The Morgan fingerprint density at radius 3 is 2.58 bits per heavy atom. The van der Waals surface area contributed by atoms with E-state index in [1.165, 1.54) is 10.1 Å². The Labute approximate surface area is 119 Å². The van der Waals surface area contributed by atoms with Gasteiger partial charge in [0.25, 0.3) is 0 Å². The number of rotatable bonds is 6. The molecule has 2 aromatic rings. The fraction of sp³-hybridized carbons (Fsp3) is 0.500. The number of ether oxygens (including phenoxy) is 1. The van der Waals surface area contributed by atoms with E-state index in [2.05, 4.69) is 31.4 Å². The van der Waals surface area contributed by atoms with Crippen molar-refractivity contribution < 1.29 is 9.84 Å². The Morgan fingerprint density at radius 1 is 1.21 bits per heavy atom. The number of hydrogen-bond acceptors (Lipinski definition) is 3. The normalized spacial score (nSPS) is 13.9. The average Bonchev–Trinajstić information content (AvgIpc) is 2.92. The quantitative estimate of drug-likeness (QED) is 0.841. The van der Waals surface area contributed by atoms with Crippen molar-refractivity contribution >= 4 is 21.4 Å². The van der Waals surface area contributed by atoms with E-state index in [1.807, 2.05) is 19.1 Å². The molecule has 0 aliphatic heterocycles. The molecule has 1 unspecified atom stereocenters. The van der Waals surface area contributed by atoms with E-state index in [9.17, 15) is 5.11 Å². The molecule has 0 amide bonds. The van der Waals surface area contributed by atoms with Crippen LogP contribution in [0.3, 0.4) is 0 Å². The van der Waals surface area contributed by atoms with Gasteiger partial charge in [-0.1, -0.05) is 32.0 Å². The summed E-state index contributed by atoms with van der Waals surface area (Å²) in [7, 11) is 0. The maximum absolute atomic E-state index is 10.9. The van der Waals surface area contributed by atoms with Gasteiger partial charge in [-0.15, -0.1) is 11.3 Å². The van der Waals surface area contributed by atoms with Crippen molar-refractivity contribution in [3.63, 3.8) is 0 Å². The molecule has 2 nitrogen and oxygen atoms in total. The highest BCUT2D eigenvalue weighted by atomic mass is 32.1. The van der Waals surface area contributed by atoms with Gasteiger partial charge in [0.05, 0.1) is 5.60 Å². The number of benzene rings is 1. The summed E-state index contributed by atoms with van der Waals surface area (Å²) in [5, 5.41) is 14.1.